The van der Waals surface area contributed by atoms with Crippen LogP contribution in [0.25, 0.3) is 11.0 Å². The minimum absolute atomic E-state index is 0.0568. The molecule has 0 radical (unpaired) electrons. The van der Waals surface area contributed by atoms with Crippen LogP contribution in [0.15, 0.2) is 24.5 Å². The van der Waals surface area contributed by atoms with Gasteiger partial charge in [-0.15, -0.1) is 10.2 Å². The van der Waals surface area contributed by atoms with E-state index in [9.17, 15) is 0 Å². The van der Waals surface area contributed by atoms with E-state index in [1.165, 1.54) is 0 Å². The number of hydrogen-bond acceptors (Lipinski definition) is 4. The maximum Gasteiger partial charge on any atom is 0.201 e. The average molecular weight is 277 g/mol. The maximum absolute atomic E-state index is 6.01. The number of rotatable bonds is 2. The van der Waals surface area contributed by atoms with Crippen molar-refractivity contribution >= 4 is 28.6 Å². The lowest BCUT2D eigenvalue weighted by atomic mass is 10.2. The molecule has 98 valence electrons. The molecule has 1 aromatic carbocycles. The van der Waals surface area contributed by atoms with Gasteiger partial charge >= 0.3 is 0 Å². The highest BCUT2D eigenvalue weighted by Gasteiger charge is 2.19. The number of hydrogen-bond donors (Lipinski definition) is 1. The summed E-state index contributed by atoms with van der Waals surface area (Å²) in [6, 6.07) is 5.48. The summed E-state index contributed by atoms with van der Waals surface area (Å²) in [4.78, 5) is 4.33. The first kappa shape index (κ1) is 12.0. The van der Waals surface area contributed by atoms with Gasteiger partial charge in [0.1, 0.15) is 6.33 Å². The van der Waals surface area contributed by atoms with Crippen LogP contribution in [-0.4, -0.2) is 24.3 Å². The number of aromatic nitrogens is 5. The summed E-state index contributed by atoms with van der Waals surface area (Å²) in [6.07, 6.45) is 1.66. The Bertz CT molecular complexity index is 744. The van der Waals surface area contributed by atoms with Gasteiger partial charge in [-0.05, 0) is 25.1 Å². The van der Waals surface area contributed by atoms with Gasteiger partial charge in [0.05, 0.1) is 17.1 Å². The van der Waals surface area contributed by atoms with E-state index in [-0.39, 0.29) is 6.04 Å². The average Bonchev–Trinajstić information content (AvgIpc) is 2.90. The highest BCUT2D eigenvalue weighted by molar-refractivity contribution is 6.31. The monoisotopic (exact) mass is 276 g/mol. The van der Waals surface area contributed by atoms with Gasteiger partial charge < -0.3 is 10.3 Å². The molecule has 0 saturated carbocycles. The van der Waals surface area contributed by atoms with E-state index in [1.807, 2.05) is 35.2 Å². The molecule has 19 heavy (non-hydrogen) atoms. The summed E-state index contributed by atoms with van der Waals surface area (Å²) < 4.78 is 3.79. The molecule has 2 aromatic heterocycles. The zero-order valence-electron chi connectivity index (χ0n) is 10.6. The largest absolute Gasteiger partial charge is 0.369 e. The third-order valence-corrected chi connectivity index (χ3v) is 3.42. The van der Waals surface area contributed by atoms with Gasteiger partial charge in [-0.3, -0.25) is 4.57 Å². The van der Waals surface area contributed by atoms with E-state index in [2.05, 4.69) is 15.2 Å². The number of benzene rings is 1. The summed E-state index contributed by atoms with van der Waals surface area (Å²) in [5, 5.41) is 8.66. The second-order valence-electron chi connectivity index (χ2n) is 4.45. The fourth-order valence-corrected chi connectivity index (χ4v) is 2.45. The van der Waals surface area contributed by atoms with E-state index < -0.39 is 0 Å². The minimum atomic E-state index is -0.0568. The molecule has 0 bridgehead atoms. The molecule has 0 amide bonds. The first-order valence-corrected chi connectivity index (χ1v) is 6.22. The molecule has 6 nitrogen and oxygen atoms in total. The van der Waals surface area contributed by atoms with Crippen molar-refractivity contribution < 1.29 is 0 Å². The molecule has 0 fully saturated rings. The van der Waals surface area contributed by atoms with E-state index in [0.717, 1.165) is 16.9 Å². The van der Waals surface area contributed by atoms with E-state index in [4.69, 9.17) is 17.3 Å². The number of nitrogens with zero attached hydrogens (tertiary/aromatic N) is 5. The van der Waals surface area contributed by atoms with Crippen molar-refractivity contribution in [1.82, 2.24) is 24.3 Å². The van der Waals surface area contributed by atoms with Crippen molar-refractivity contribution in [3.05, 3.63) is 35.4 Å². The molecular weight excluding hydrogens is 264 g/mol. The minimum Gasteiger partial charge on any atom is -0.369 e. The fraction of sp³-hybridized carbons (Fsp3) is 0.250. The summed E-state index contributed by atoms with van der Waals surface area (Å²) in [6.45, 7) is 2.01. The zero-order valence-corrected chi connectivity index (χ0v) is 11.3. The Kier molecular flexibility index (Phi) is 2.67. The van der Waals surface area contributed by atoms with Gasteiger partial charge in [-0.1, -0.05) is 11.6 Å². The lowest BCUT2D eigenvalue weighted by Gasteiger charge is -2.14. The van der Waals surface area contributed by atoms with Crippen LogP contribution in [0.5, 0.6) is 0 Å². The van der Waals surface area contributed by atoms with Crippen molar-refractivity contribution in [3.8, 4) is 0 Å². The number of nitrogens with two attached hydrogens (primary N) is 1. The summed E-state index contributed by atoms with van der Waals surface area (Å²) >= 11 is 5.97. The molecule has 0 aliphatic rings. The Morgan fingerprint density at radius 3 is 2.84 bits per heavy atom. The van der Waals surface area contributed by atoms with Gasteiger partial charge in [0, 0.05) is 12.1 Å². The lowest BCUT2D eigenvalue weighted by Crippen LogP contribution is -2.14. The van der Waals surface area contributed by atoms with Crippen LogP contribution in [-0.2, 0) is 7.05 Å². The fourth-order valence-electron chi connectivity index (χ4n) is 2.28. The second-order valence-corrected chi connectivity index (χ2v) is 4.89. The third-order valence-electron chi connectivity index (χ3n) is 3.19. The van der Waals surface area contributed by atoms with Crippen LogP contribution >= 0.6 is 11.6 Å². The zero-order chi connectivity index (χ0) is 13.6. The van der Waals surface area contributed by atoms with Gasteiger partial charge in [-0.2, -0.15) is 0 Å². The van der Waals surface area contributed by atoms with Crippen molar-refractivity contribution in [3.63, 3.8) is 0 Å². The highest BCUT2D eigenvalue weighted by Crippen LogP contribution is 2.27. The Labute approximate surface area is 114 Å². The van der Waals surface area contributed by atoms with E-state index >= 15 is 0 Å². The maximum atomic E-state index is 6.01. The SMILES string of the molecule is CC(c1nncn1C)n1c(N)nc2cc(Cl)ccc21. The topological polar surface area (TPSA) is 74.5 Å². The van der Waals surface area contributed by atoms with Crippen LogP contribution in [0.1, 0.15) is 18.8 Å². The van der Waals surface area contributed by atoms with Gasteiger partial charge in [0.2, 0.25) is 5.95 Å². The quantitative estimate of drug-likeness (QED) is 0.777. The lowest BCUT2D eigenvalue weighted by molar-refractivity contribution is 0.594. The van der Waals surface area contributed by atoms with Crippen molar-refractivity contribution in [2.45, 2.75) is 13.0 Å². The predicted octanol–water partition coefficient (Wildman–Crippen LogP) is 2.01. The van der Waals surface area contributed by atoms with Crippen LogP contribution in [0.2, 0.25) is 5.02 Å². The molecule has 1 unspecified atom stereocenters. The number of nitrogen functional groups attached to an aromatic ring is 1. The molecule has 0 spiro atoms. The number of fused-ring (bicyclic) bond motifs is 1. The standard InChI is InChI=1S/C12H13ClN6/c1-7(11-17-15-6-18(11)2)19-10-4-3-8(13)5-9(10)16-12(19)14/h3-7H,1-2H3,(H2,14,16). The predicted molar refractivity (Wildman–Crippen MR) is 74.0 cm³/mol. The molecule has 3 aromatic rings. The molecule has 3 rings (SSSR count). The number of imidazole rings is 1. The van der Waals surface area contributed by atoms with Gasteiger partial charge in [0.15, 0.2) is 5.82 Å². The van der Waals surface area contributed by atoms with Crippen LogP contribution < -0.4 is 5.73 Å². The Morgan fingerprint density at radius 2 is 2.16 bits per heavy atom. The Balaban J connectivity index is 2.20. The number of anilines is 1. The van der Waals surface area contributed by atoms with Crippen LogP contribution in [0, 0.1) is 0 Å². The van der Waals surface area contributed by atoms with Crippen molar-refractivity contribution in [2.75, 3.05) is 5.73 Å². The van der Waals surface area contributed by atoms with Crippen molar-refractivity contribution in [1.29, 1.82) is 0 Å². The molecule has 0 aliphatic carbocycles. The normalized spacial score (nSPS) is 13.0. The third kappa shape index (κ3) is 1.84. The molecule has 0 saturated heterocycles. The first-order chi connectivity index (χ1) is 9.08. The highest BCUT2D eigenvalue weighted by atomic mass is 35.5. The summed E-state index contributed by atoms with van der Waals surface area (Å²) in [5.41, 5.74) is 7.72. The van der Waals surface area contributed by atoms with Crippen LogP contribution in [0.4, 0.5) is 5.95 Å². The van der Waals surface area contributed by atoms with E-state index in [1.54, 1.807) is 12.4 Å². The Hall–Kier alpha value is -2.08. The Morgan fingerprint density at radius 1 is 1.37 bits per heavy atom. The van der Waals surface area contributed by atoms with Crippen molar-refractivity contribution in [2.24, 2.45) is 7.05 Å². The van der Waals surface area contributed by atoms with Crippen LogP contribution in [0.3, 0.4) is 0 Å². The molecule has 1 atom stereocenters. The van der Waals surface area contributed by atoms with Gasteiger partial charge in [-0.25, -0.2) is 4.98 Å². The smallest absolute Gasteiger partial charge is 0.201 e. The number of aryl methyl sites for hydroxylation is 1. The molecular formula is C12H13ClN6. The molecule has 0 aliphatic heterocycles. The second kappa shape index (κ2) is 4.24. The molecule has 7 heteroatoms. The summed E-state index contributed by atoms with van der Waals surface area (Å²) in [7, 11) is 1.90. The number of halogens is 1. The van der Waals surface area contributed by atoms with E-state index in [0.29, 0.717) is 11.0 Å². The summed E-state index contributed by atoms with van der Waals surface area (Å²) in [5.74, 6) is 1.26. The molecule has 2 heterocycles. The van der Waals surface area contributed by atoms with Gasteiger partial charge in [0.25, 0.3) is 0 Å². The molecule has 2 N–H and O–H groups in total. The first-order valence-electron chi connectivity index (χ1n) is 5.85.